The minimum Gasteiger partial charge on any atom is -0.479 e. The van der Waals surface area contributed by atoms with Gasteiger partial charge in [-0.1, -0.05) is 32.0 Å². The van der Waals surface area contributed by atoms with Crippen molar-refractivity contribution in [3.8, 4) is 5.69 Å². The zero-order valence-electron chi connectivity index (χ0n) is 16.2. The van der Waals surface area contributed by atoms with E-state index in [0.717, 1.165) is 0 Å². The quantitative estimate of drug-likeness (QED) is 0.626. The monoisotopic (exact) mass is 386 g/mol. The van der Waals surface area contributed by atoms with Crippen LogP contribution in [-0.4, -0.2) is 26.2 Å². The second-order valence-corrected chi connectivity index (χ2v) is 6.37. The molecule has 1 aromatic carbocycles. The number of aromatic nitrogens is 2. The van der Waals surface area contributed by atoms with Crippen molar-refractivity contribution >= 4 is 11.7 Å². The van der Waals surface area contributed by atoms with Crippen LogP contribution < -0.4 is 5.56 Å². The van der Waals surface area contributed by atoms with Gasteiger partial charge in [-0.2, -0.15) is 0 Å². The largest absolute Gasteiger partial charge is 0.479 e. The maximum absolute atomic E-state index is 12.8. The third-order valence-electron chi connectivity index (χ3n) is 4.81. The number of hydrogen-bond donors (Lipinski definition) is 1. The van der Waals surface area contributed by atoms with E-state index in [2.05, 4.69) is 10.2 Å². The molecule has 0 aliphatic carbocycles. The van der Waals surface area contributed by atoms with Crippen molar-refractivity contribution in [2.45, 2.75) is 39.4 Å². The summed E-state index contributed by atoms with van der Waals surface area (Å²) in [5, 5.41) is 17.8. The van der Waals surface area contributed by atoms with E-state index in [1.54, 1.807) is 44.6 Å². The standard InChI is InChI=1S/C19H22N4O5/c1-5-19(6-2)27-17(25)15(18(26)28-19)21-20-14-12(3)22(4)23(16(14)24)13-10-8-7-9-11-13/h7-11,25H,5-6H2,1-4H3. The fraction of sp³-hybridized carbons (Fsp3) is 0.368. The third kappa shape index (κ3) is 3.19. The first-order valence-corrected chi connectivity index (χ1v) is 8.95. The molecule has 9 heteroatoms. The van der Waals surface area contributed by atoms with Crippen molar-refractivity contribution in [1.82, 2.24) is 9.36 Å². The second kappa shape index (κ2) is 7.34. The van der Waals surface area contributed by atoms with Gasteiger partial charge in [0.15, 0.2) is 5.69 Å². The van der Waals surface area contributed by atoms with Crippen molar-refractivity contribution in [1.29, 1.82) is 0 Å². The molecule has 2 heterocycles. The molecular weight excluding hydrogens is 364 g/mol. The van der Waals surface area contributed by atoms with Gasteiger partial charge in [0.25, 0.3) is 17.0 Å². The molecule has 1 aromatic heterocycles. The normalized spacial score (nSPS) is 16.4. The summed E-state index contributed by atoms with van der Waals surface area (Å²) in [5.41, 5.74) is 0.363. The number of benzene rings is 1. The lowest BCUT2D eigenvalue weighted by molar-refractivity contribution is -0.241. The van der Waals surface area contributed by atoms with E-state index >= 15 is 0 Å². The van der Waals surface area contributed by atoms with Gasteiger partial charge in [-0.05, 0) is 19.1 Å². The summed E-state index contributed by atoms with van der Waals surface area (Å²) in [5.74, 6) is -2.74. The van der Waals surface area contributed by atoms with Crippen molar-refractivity contribution in [2.75, 3.05) is 0 Å². The molecule has 1 aliphatic heterocycles. The van der Waals surface area contributed by atoms with Gasteiger partial charge in [-0.25, -0.2) is 9.48 Å². The molecule has 0 fully saturated rings. The van der Waals surface area contributed by atoms with Crippen molar-refractivity contribution in [3.05, 3.63) is 58.0 Å². The first-order valence-electron chi connectivity index (χ1n) is 8.95. The second-order valence-electron chi connectivity index (χ2n) is 6.37. The van der Waals surface area contributed by atoms with Crippen molar-refractivity contribution in [3.63, 3.8) is 0 Å². The summed E-state index contributed by atoms with van der Waals surface area (Å²) in [6, 6.07) is 9.06. The molecule has 148 valence electrons. The molecule has 1 aliphatic rings. The Morgan fingerprint density at radius 2 is 1.71 bits per heavy atom. The molecule has 0 amide bonds. The van der Waals surface area contributed by atoms with Crippen molar-refractivity contribution < 1.29 is 19.4 Å². The zero-order valence-corrected chi connectivity index (χ0v) is 16.2. The molecule has 0 atom stereocenters. The average Bonchev–Trinajstić information content (AvgIpc) is 2.90. The minimum absolute atomic E-state index is 0.0438. The van der Waals surface area contributed by atoms with Crippen LogP contribution >= 0.6 is 0 Å². The highest BCUT2D eigenvalue weighted by Gasteiger charge is 2.41. The summed E-state index contributed by atoms with van der Waals surface area (Å²) in [7, 11) is 1.72. The van der Waals surface area contributed by atoms with Crippen LogP contribution in [-0.2, 0) is 21.3 Å². The molecule has 0 saturated carbocycles. The Morgan fingerprint density at radius 1 is 1.07 bits per heavy atom. The number of azo groups is 1. The lowest BCUT2D eigenvalue weighted by Gasteiger charge is -2.34. The molecule has 0 radical (unpaired) electrons. The van der Waals surface area contributed by atoms with Crippen LogP contribution in [0.3, 0.4) is 0 Å². The number of esters is 1. The Kier molecular flexibility index (Phi) is 5.08. The van der Waals surface area contributed by atoms with Gasteiger partial charge in [0, 0.05) is 19.9 Å². The summed E-state index contributed by atoms with van der Waals surface area (Å²) in [6.45, 7) is 5.25. The summed E-state index contributed by atoms with van der Waals surface area (Å²) in [4.78, 5) is 25.1. The number of nitrogens with zero attached hydrogens (tertiary/aromatic N) is 4. The Bertz CT molecular complexity index is 1010. The molecule has 2 aromatic rings. The van der Waals surface area contributed by atoms with Gasteiger partial charge in [0.1, 0.15) is 0 Å². The number of hydrogen-bond acceptors (Lipinski definition) is 7. The highest BCUT2D eigenvalue weighted by Crippen LogP contribution is 2.32. The summed E-state index contributed by atoms with van der Waals surface area (Å²) >= 11 is 0. The van der Waals surface area contributed by atoms with Crippen LogP contribution in [0.5, 0.6) is 0 Å². The number of ether oxygens (including phenoxy) is 2. The topological polar surface area (TPSA) is 107 Å². The maximum atomic E-state index is 12.8. The van der Waals surface area contributed by atoms with Gasteiger partial charge in [-0.3, -0.25) is 9.48 Å². The van der Waals surface area contributed by atoms with E-state index in [1.165, 1.54) is 4.68 Å². The fourth-order valence-corrected chi connectivity index (χ4v) is 2.94. The van der Waals surface area contributed by atoms with Crippen LogP contribution in [0.4, 0.5) is 5.69 Å². The lowest BCUT2D eigenvalue weighted by atomic mass is 10.1. The third-order valence-corrected chi connectivity index (χ3v) is 4.81. The molecule has 0 spiro atoms. The number of aliphatic hydroxyl groups is 1. The van der Waals surface area contributed by atoms with Crippen molar-refractivity contribution in [2.24, 2.45) is 17.3 Å². The molecule has 9 nitrogen and oxygen atoms in total. The van der Waals surface area contributed by atoms with Gasteiger partial charge < -0.3 is 14.6 Å². The van der Waals surface area contributed by atoms with Gasteiger partial charge in [0.05, 0.1) is 11.4 Å². The van der Waals surface area contributed by atoms with Gasteiger partial charge >= 0.3 is 11.9 Å². The molecule has 0 unspecified atom stereocenters. The van der Waals surface area contributed by atoms with E-state index in [9.17, 15) is 14.7 Å². The highest BCUT2D eigenvalue weighted by molar-refractivity contribution is 5.89. The maximum Gasteiger partial charge on any atom is 0.369 e. The van der Waals surface area contributed by atoms with E-state index in [0.29, 0.717) is 24.2 Å². The van der Waals surface area contributed by atoms with E-state index < -0.39 is 29.0 Å². The summed E-state index contributed by atoms with van der Waals surface area (Å²) in [6.07, 6.45) is 0.729. The zero-order chi connectivity index (χ0) is 20.5. The fourth-order valence-electron chi connectivity index (χ4n) is 2.94. The highest BCUT2D eigenvalue weighted by atomic mass is 16.8. The molecule has 1 N–H and O–H groups in total. The Hall–Kier alpha value is -3.36. The van der Waals surface area contributed by atoms with Crippen LogP contribution in [0.1, 0.15) is 32.4 Å². The summed E-state index contributed by atoms with van der Waals surface area (Å²) < 4.78 is 13.7. The molecule has 0 bridgehead atoms. The Balaban J connectivity index is 2.00. The number of para-hydroxylation sites is 1. The van der Waals surface area contributed by atoms with Crippen LogP contribution in [0.25, 0.3) is 5.69 Å². The first kappa shape index (κ1) is 19.4. The Morgan fingerprint density at radius 3 is 2.29 bits per heavy atom. The molecule has 3 rings (SSSR count). The number of carbonyl (C=O) groups excluding carboxylic acids is 1. The van der Waals surface area contributed by atoms with E-state index in [1.807, 2.05) is 18.2 Å². The predicted octanol–water partition coefficient (Wildman–Crippen LogP) is 3.38. The number of carbonyl (C=O) groups is 1. The lowest BCUT2D eigenvalue weighted by Crippen LogP contribution is -2.41. The number of aliphatic hydroxyl groups excluding tert-OH is 1. The minimum atomic E-state index is -1.22. The number of cyclic esters (lactones) is 1. The average molecular weight is 386 g/mol. The SMILES string of the molecule is CCC1(CC)OC(=O)C(N=Nc2c(C)n(C)n(-c3ccccc3)c2=O)=C(O)O1. The predicted molar refractivity (Wildman–Crippen MR) is 100 cm³/mol. The Labute approximate surface area is 161 Å². The van der Waals surface area contributed by atoms with E-state index in [-0.39, 0.29) is 5.69 Å². The smallest absolute Gasteiger partial charge is 0.369 e. The number of rotatable bonds is 5. The van der Waals surface area contributed by atoms with E-state index in [4.69, 9.17) is 9.47 Å². The van der Waals surface area contributed by atoms with Gasteiger partial charge in [0.2, 0.25) is 0 Å². The molecule has 28 heavy (non-hydrogen) atoms. The van der Waals surface area contributed by atoms with Crippen LogP contribution in [0.15, 0.2) is 57.0 Å². The van der Waals surface area contributed by atoms with Crippen LogP contribution in [0, 0.1) is 6.92 Å². The first-order chi connectivity index (χ1) is 13.3. The van der Waals surface area contributed by atoms with Gasteiger partial charge in [-0.15, -0.1) is 10.2 Å². The molecule has 0 saturated heterocycles. The molecular formula is C19H22N4O5. The van der Waals surface area contributed by atoms with Crippen LogP contribution in [0.2, 0.25) is 0 Å².